The van der Waals surface area contributed by atoms with Crippen molar-refractivity contribution >= 4 is 24.2 Å². The SMILES string of the molecule is CNCC(=O)N1CCN(C(=O)Cc2ccc(C)cc2)CC1.Cl. The second-order valence-electron chi connectivity index (χ2n) is 5.45. The first-order valence-electron chi connectivity index (χ1n) is 7.36. The molecule has 0 bridgehead atoms. The van der Waals surface area contributed by atoms with Crippen molar-refractivity contribution in [3.8, 4) is 0 Å². The first kappa shape index (κ1) is 18.5. The van der Waals surface area contributed by atoms with E-state index in [1.165, 1.54) is 5.56 Å². The standard InChI is InChI=1S/C16H23N3O2.ClH/c1-13-3-5-14(6-4-13)11-15(20)18-7-9-19(10-8-18)16(21)12-17-2;/h3-6,17H,7-12H2,1-2H3;1H. The highest BCUT2D eigenvalue weighted by atomic mass is 35.5. The Balaban J connectivity index is 0.00000242. The molecule has 2 rings (SSSR count). The quantitative estimate of drug-likeness (QED) is 0.893. The number of nitrogens with one attached hydrogen (secondary N) is 1. The minimum Gasteiger partial charge on any atom is -0.339 e. The number of halogens is 1. The van der Waals surface area contributed by atoms with E-state index in [4.69, 9.17) is 0 Å². The molecule has 0 saturated carbocycles. The second kappa shape index (κ2) is 8.76. The van der Waals surface area contributed by atoms with Gasteiger partial charge in [0.25, 0.3) is 0 Å². The monoisotopic (exact) mass is 325 g/mol. The molecule has 0 aromatic heterocycles. The molecule has 0 atom stereocenters. The molecule has 1 aromatic carbocycles. The van der Waals surface area contributed by atoms with E-state index in [1.807, 2.05) is 41.0 Å². The number of rotatable bonds is 4. The van der Waals surface area contributed by atoms with Crippen LogP contribution in [-0.4, -0.2) is 61.4 Å². The van der Waals surface area contributed by atoms with Crippen molar-refractivity contribution in [2.45, 2.75) is 13.3 Å². The summed E-state index contributed by atoms with van der Waals surface area (Å²) < 4.78 is 0. The number of hydrogen-bond acceptors (Lipinski definition) is 3. The Morgan fingerprint density at radius 3 is 2.00 bits per heavy atom. The van der Waals surface area contributed by atoms with Crippen LogP contribution in [0.2, 0.25) is 0 Å². The molecular formula is C16H24ClN3O2. The van der Waals surface area contributed by atoms with Gasteiger partial charge in [-0.1, -0.05) is 29.8 Å². The number of nitrogens with zero attached hydrogens (tertiary/aromatic N) is 2. The second-order valence-corrected chi connectivity index (χ2v) is 5.45. The van der Waals surface area contributed by atoms with Crippen LogP contribution < -0.4 is 5.32 Å². The van der Waals surface area contributed by atoms with Crippen molar-refractivity contribution in [2.24, 2.45) is 0 Å². The van der Waals surface area contributed by atoms with Crippen molar-refractivity contribution < 1.29 is 9.59 Å². The predicted molar refractivity (Wildman–Crippen MR) is 89.2 cm³/mol. The Hall–Kier alpha value is -1.59. The molecule has 6 heteroatoms. The van der Waals surface area contributed by atoms with Crippen LogP contribution in [0, 0.1) is 6.92 Å². The summed E-state index contributed by atoms with van der Waals surface area (Å²) in [5.74, 6) is 0.239. The summed E-state index contributed by atoms with van der Waals surface area (Å²) in [5.41, 5.74) is 2.24. The number of carbonyl (C=O) groups excluding carboxylic acids is 2. The fourth-order valence-electron chi connectivity index (χ4n) is 2.46. The smallest absolute Gasteiger partial charge is 0.236 e. The third kappa shape index (κ3) is 5.00. The minimum atomic E-state index is 0. The zero-order valence-corrected chi connectivity index (χ0v) is 14.0. The van der Waals surface area contributed by atoms with E-state index in [9.17, 15) is 9.59 Å². The van der Waals surface area contributed by atoms with Crippen LogP contribution in [-0.2, 0) is 16.0 Å². The molecule has 0 aliphatic carbocycles. The van der Waals surface area contributed by atoms with Crippen molar-refractivity contribution in [3.63, 3.8) is 0 Å². The van der Waals surface area contributed by atoms with Gasteiger partial charge in [0, 0.05) is 26.2 Å². The zero-order valence-electron chi connectivity index (χ0n) is 13.2. The van der Waals surface area contributed by atoms with Gasteiger partial charge in [-0.15, -0.1) is 12.4 Å². The molecule has 1 fully saturated rings. The van der Waals surface area contributed by atoms with Crippen LogP contribution >= 0.6 is 12.4 Å². The Morgan fingerprint density at radius 2 is 1.50 bits per heavy atom. The molecule has 1 N–H and O–H groups in total. The van der Waals surface area contributed by atoms with Gasteiger partial charge in [0.05, 0.1) is 13.0 Å². The molecule has 1 aliphatic heterocycles. The molecular weight excluding hydrogens is 302 g/mol. The maximum absolute atomic E-state index is 12.3. The van der Waals surface area contributed by atoms with E-state index in [2.05, 4.69) is 5.32 Å². The van der Waals surface area contributed by atoms with E-state index < -0.39 is 0 Å². The number of carbonyl (C=O) groups is 2. The molecule has 22 heavy (non-hydrogen) atoms. The molecule has 5 nitrogen and oxygen atoms in total. The van der Waals surface area contributed by atoms with Gasteiger partial charge in [0.15, 0.2) is 0 Å². The van der Waals surface area contributed by atoms with Crippen molar-refractivity contribution in [1.29, 1.82) is 0 Å². The topological polar surface area (TPSA) is 52.7 Å². The number of likely N-dealkylation sites (N-methyl/N-ethyl adjacent to an activating group) is 1. The molecule has 0 spiro atoms. The van der Waals surface area contributed by atoms with Crippen LogP contribution in [0.15, 0.2) is 24.3 Å². The van der Waals surface area contributed by atoms with Crippen LogP contribution in [0.25, 0.3) is 0 Å². The number of aryl methyl sites for hydroxylation is 1. The van der Waals surface area contributed by atoms with E-state index in [1.54, 1.807) is 7.05 Å². The summed E-state index contributed by atoms with van der Waals surface area (Å²) >= 11 is 0. The molecule has 1 aliphatic rings. The van der Waals surface area contributed by atoms with Crippen LogP contribution in [0.4, 0.5) is 0 Å². The highest BCUT2D eigenvalue weighted by Crippen LogP contribution is 2.08. The Bertz CT molecular complexity index is 497. The summed E-state index contributed by atoms with van der Waals surface area (Å²) in [4.78, 5) is 27.7. The van der Waals surface area contributed by atoms with Gasteiger partial charge in [-0.25, -0.2) is 0 Å². The van der Waals surface area contributed by atoms with Crippen molar-refractivity contribution in [2.75, 3.05) is 39.8 Å². The lowest BCUT2D eigenvalue weighted by molar-refractivity contribution is -0.138. The normalized spacial score (nSPS) is 14.5. The lowest BCUT2D eigenvalue weighted by atomic mass is 10.1. The third-order valence-electron chi connectivity index (χ3n) is 3.79. The predicted octanol–water partition coefficient (Wildman–Crippen LogP) is 0.850. The first-order valence-corrected chi connectivity index (χ1v) is 7.36. The number of piperazine rings is 1. The van der Waals surface area contributed by atoms with Gasteiger partial charge in [0.2, 0.25) is 11.8 Å². The fourth-order valence-corrected chi connectivity index (χ4v) is 2.46. The molecule has 1 saturated heterocycles. The zero-order chi connectivity index (χ0) is 15.2. The van der Waals surface area contributed by atoms with Gasteiger partial charge in [-0.2, -0.15) is 0 Å². The van der Waals surface area contributed by atoms with Gasteiger partial charge >= 0.3 is 0 Å². The van der Waals surface area contributed by atoms with E-state index in [-0.39, 0.29) is 24.2 Å². The maximum Gasteiger partial charge on any atom is 0.236 e. The minimum absolute atomic E-state index is 0. The summed E-state index contributed by atoms with van der Waals surface area (Å²) in [5, 5.41) is 2.86. The largest absolute Gasteiger partial charge is 0.339 e. The van der Waals surface area contributed by atoms with Crippen LogP contribution in [0.5, 0.6) is 0 Å². The number of benzene rings is 1. The third-order valence-corrected chi connectivity index (χ3v) is 3.79. The van der Waals surface area contributed by atoms with E-state index in [0.29, 0.717) is 39.1 Å². The highest BCUT2D eigenvalue weighted by molar-refractivity contribution is 5.85. The van der Waals surface area contributed by atoms with Gasteiger partial charge in [-0.3, -0.25) is 9.59 Å². The number of amides is 2. The first-order chi connectivity index (χ1) is 10.1. The Morgan fingerprint density at radius 1 is 1.00 bits per heavy atom. The van der Waals surface area contributed by atoms with Crippen LogP contribution in [0.1, 0.15) is 11.1 Å². The van der Waals surface area contributed by atoms with Crippen molar-refractivity contribution in [1.82, 2.24) is 15.1 Å². The number of hydrogen-bond donors (Lipinski definition) is 1. The molecule has 2 amide bonds. The average Bonchev–Trinajstić information content (AvgIpc) is 2.50. The molecule has 0 radical (unpaired) electrons. The average molecular weight is 326 g/mol. The van der Waals surface area contributed by atoms with Gasteiger partial charge in [-0.05, 0) is 19.5 Å². The van der Waals surface area contributed by atoms with E-state index in [0.717, 1.165) is 5.56 Å². The highest BCUT2D eigenvalue weighted by Gasteiger charge is 2.23. The van der Waals surface area contributed by atoms with E-state index >= 15 is 0 Å². The van der Waals surface area contributed by atoms with Gasteiger partial charge < -0.3 is 15.1 Å². The lowest BCUT2D eigenvalue weighted by Gasteiger charge is -2.34. The molecule has 1 heterocycles. The lowest BCUT2D eigenvalue weighted by Crippen LogP contribution is -2.52. The van der Waals surface area contributed by atoms with Crippen LogP contribution in [0.3, 0.4) is 0 Å². The summed E-state index contributed by atoms with van der Waals surface area (Å²) in [7, 11) is 1.76. The summed E-state index contributed by atoms with van der Waals surface area (Å²) in [6.07, 6.45) is 0.435. The van der Waals surface area contributed by atoms with Gasteiger partial charge in [0.1, 0.15) is 0 Å². The fraction of sp³-hybridized carbons (Fsp3) is 0.500. The summed E-state index contributed by atoms with van der Waals surface area (Å²) in [6, 6.07) is 8.05. The molecule has 1 aromatic rings. The summed E-state index contributed by atoms with van der Waals surface area (Å²) in [6.45, 7) is 4.89. The molecule has 0 unspecified atom stereocenters. The maximum atomic E-state index is 12.3. The molecule has 122 valence electrons. The Labute approximate surface area is 138 Å². The van der Waals surface area contributed by atoms with Crippen molar-refractivity contribution in [3.05, 3.63) is 35.4 Å². The Kier molecular flexibility index (Phi) is 7.35.